The van der Waals surface area contributed by atoms with Crippen LogP contribution in [-0.4, -0.2) is 44.4 Å². The van der Waals surface area contributed by atoms with E-state index in [1.807, 2.05) is 30.3 Å². The molecule has 3 aromatic carbocycles. The molecule has 0 N–H and O–H groups in total. The second-order valence-corrected chi connectivity index (χ2v) is 9.12. The summed E-state index contributed by atoms with van der Waals surface area (Å²) in [6.45, 7) is 1.22. The molecule has 1 unspecified atom stereocenters. The second-order valence-electron chi connectivity index (χ2n) is 8.14. The molecule has 1 aromatic heterocycles. The van der Waals surface area contributed by atoms with Crippen LogP contribution in [0.1, 0.15) is 18.4 Å². The average Bonchev–Trinajstić information content (AvgIpc) is 3.52. The van der Waals surface area contributed by atoms with Crippen molar-refractivity contribution in [2.45, 2.75) is 25.4 Å². The molecule has 2 heterocycles. The summed E-state index contributed by atoms with van der Waals surface area (Å²) in [5.74, 6) is 1.37. The zero-order valence-electron chi connectivity index (χ0n) is 18.7. The Morgan fingerprint density at radius 1 is 1.09 bits per heavy atom. The Kier molecular flexibility index (Phi) is 6.15. The number of hydrogen-bond donors (Lipinski definition) is 0. The van der Waals surface area contributed by atoms with Gasteiger partial charge in [-0.15, -0.1) is 0 Å². The first-order valence-corrected chi connectivity index (χ1v) is 11.9. The predicted octanol–water partition coefficient (Wildman–Crippen LogP) is 5.22. The number of aromatic nitrogens is 1. The molecular formula is C26H26N2O4S. The summed E-state index contributed by atoms with van der Waals surface area (Å²) in [5, 5.41) is 2.92. The highest BCUT2D eigenvalue weighted by Gasteiger charge is 2.27. The molecular weight excluding hydrogens is 436 g/mol. The summed E-state index contributed by atoms with van der Waals surface area (Å²) in [5.41, 5.74) is 1.68. The number of nitrogens with zero attached hydrogens (tertiary/aromatic N) is 2. The SMILES string of the molecule is COc1ccc(OC)c2sc(N(CC3CCCO3)C(=O)Cc3ccc4ccccc4c3)nc12. The lowest BCUT2D eigenvalue weighted by atomic mass is 10.0. The molecule has 0 aliphatic carbocycles. The number of methoxy groups -OCH3 is 2. The van der Waals surface area contributed by atoms with E-state index in [0.29, 0.717) is 35.1 Å². The van der Waals surface area contributed by atoms with Crippen LogP contribution in [0, 0.1) is 0 Å². The highest BCUT2D eigenvalue weighted by atomic mass is 32.1. The molecule has 0 saturated carbocycles. The molecule has 33 heavy (non-hydrogen) atoms. The molecule has 1 atom stereocenters. The van der Waals surface area contributed by atoms with Crippen LogP contribution in [0.15, 0.2) is 54.6 Å². The predicted molar refractivity (Wildman–Crippen MR) is 132 cm³/mol. The molecule has 6 nitrogen and oxygen atoms in total. The first-order chi connectivity index (χ1) is 16.2. The van der Waals surface area contributed by atoms with Gasteiger partial charge >= 0.3 is 0 Å². The van der Waals surface area contributed by atoms with Gasteiger partial charge in [-0.05, 0) is 41.3 Å². The molecule has 1 amide bonds. The van der Waals surface area contributed by atoms with Crippen LogP contribution in [0.25, 0.3) is 21.0 Å². The fourth-order valence-electron chi connectivity index (χ4n) is 4.29. The van der Waals surface area contributed by atoms with E-state index in [0.717, 1.165) is 40.5 Å². The fourth-order valence-corrected chi connectivity index (χ4v) is 5.39. The minimum atomic E-state index is -0.00206. The Labute approximate surface area is 196 Å². The van der Waals surface area contributed by atoms with Gasteiger partial charge in [0.15, 0.2) is 5.13 Å². The zero-order valence-corrected chi connectivity index (χ0v) is 19.6. The van der Waals surface area contributed by atoms with Crippen molar-refractivity contribution in [3.8, 4) is 11.5 Å². The largest absolute Gasteiger partial charge is 0.495 e. The molecule has 0 radical (unpaired) electrons. The van der Waals surface area contributed by atoms with Crippen molar-refractivity contribution in [1.82, 2.24) is 4.98 Å². The summed E-state index contributed by atoms with van der Waals surface area (Å²) < 4.78 is 17.8. The van der Waals surface area contributed by atoms with Crippen LogP contribution in [-0.2, 0) is 16.0 Å². The van der Waals surface area contributed by atoms with Gasteiger partial charge in [-0.25, -0.2) is 4.98 Å². The summed E-state index contributed by atoms with van der Waals surface area (Å²) >= 11 is 1.44. The number of thiazole rings is 1. The second kappa shape index (κ2) is 9.37. The molecule has 7 heteroatoms. The maximum atomic E-state index is 13.6. The zero-order chi connectivity index (χ0) is 22.8. The lowest BCUT2D eigenvalue weighted by molar-refractivity contribution is -0.118. The number of fused-ring (bicyclic) bond motifs is 2. The number of hydrogen-bond acceptors (Lipinski definition) is 6. The molecule has 1 aliphatic rings. The number of carbonyl (C=O) groups excluding carboxylic acids is 1. The summed E-state index contributed by atoms with van der Waals surface area (Å²) in [7, 11) is 3.25. The van der Waals surface area contributed by atoms with E-state index in [1.54, 1.807) is 19.1 Å². The Morgan fingerprint density at radius 2 is 1.88 bits per heavy atom. The molecule has 0 bridgehead atoms. The number of benzene rings is 3. The van der Waals surface area contributed by atoms with Crippen molar-refractivity contribution >= 4 is 43.4 Å². The van der Waals surface area contributed by atoms with Gasteiger partial charge in [-0.1, -0.05) is 53.8 Å². The van der Waals surface area contributed by atoms with Crippen LogP contribution in [0.5, 0.6) is 11.5 Å². The Hall–Kier alpha value is -3.16. The molecule has 1 fully saturated rings. The number of rotatable bonds is 7. The van der Waals surface area contributed by atoms with Crippen LogP contribution < -0.4 is 14.4 Å². The standard InChI is InChI=1S/C26H26N2O4S/c1-30-21-11-12-22(31-2)25-24(21)27-26(33-25)28(16-20-8-5-13-32-20)23(29)15-17-9-10-18-6-3-4-7-19(18)14-17/h3-4,6-7,9-12,14,20H,5,8,13,15-16H2,1-2H3. The molecule has 4 aromatic rings. The van der Waals surface area contributed by atoms with Gasteiger partial charge in [0.05, 0.1) is 33.3 Å². The van der Waals surface area contributed by atoms with E-state index in [1.165, 1.54) is 11.3 Å². The summed E-state index contributed by atoms with van der Waals surface area (Å²) in [4.78, 5) is 20.2. The molecule has 0 spiro atoms. The highest BCUT2D eigenvalue weighted by molar-refractivity contribution is 7.22. The third-order valence-electron chi connectivity index (χ3n) is 6.01. The lowest BCUT2D eigenvalue weighted by Gasteiger charge is -2.23. The van der Waals surface area contributed by atoms with Crippen molar-refractivity contribution in [3.63, 3.8) is 0 Å². The number of amides is 1. The smallest absolute Gasteiger partial charge is 0.233 e. The Morgan fingerprint density at radius 3 is 2.64 bits per heavy atom. The Bertz CT molecular complexity index is 1260. The van der Waals surface area contributed by atoms with Crippen LogP contribution in [0.3, 0.4) is 0 Å². The van der Waals surface area contributed by atoms with Gasteiger partial charge in [-0.2, -0.15) is 0 Å². The summed E-state index contributed by atoms with van der Waals surface area (Å²) in [6.07, 6.45) is 2.26. The quantitative estimate of drug-likeness (QED) is 0.377. The normalized spacial score (nSPS) is 15.8. The summed E-state index contributed by atoms with van der Waals surface area (Å²) in [6, 6.07) is 18.1. The number of carbonyl (C=O) groups is 1. The maximum Gasteiger partial charge on any atom is 0.233 e. The first kappa shape index (κ1) is 21.7. The van der Waals surface area contributed by atoms with Crippen molar-refractivity contribution in [1.29, 1.82) is 0 Å². The van der Waals surface area contributed by atoms with E-state index in [-0.39, 0.29) is 12.0 Å². The molecule has 170 valence electrons. The number of ether oxygens (including phenoxy) is 3. The van der Waals surface area contributed by atoms with E-state index in [9.17, 15) is 4.79 Å². The minimum Gasteiger partial charge on any atom is -0.495 e. The van der Waals surface area contributed by atoms with Gasteiger partial charge in [0.1, 0.15) is 21.7 Å². The molecule has 1 aliphatic heterocycles. The van der Waals surface area contributed by atoms with Crippen molar-refractivity contribution in [3.05, 3.63) is 60.2 Å². The monoisotopic (exact) mass is 462 g/mol. The van der Waals surface area contributed by atoms with Crippen LogP contribution in [0.2, 0.25) is 0 Å². The van der Waals surface area contributed by atoms with Gasteiger partial charge in [0, 0.05) is 6.61 Å². The topological polar surface area (TPSA) is 60.9 Å². The van der Waals surface area contributed by atoms with E-state index in [2.05, 4.69) is 24.3 Å². The van der Waals surface area contributed by atoms with E-state index >= 15 is 0 Å². The molecule has 5 rings (SSSR count). The highest BCUT2D eigenvalue weighted by Crippen LogP contribution is 2.40. The first-order valence-electron chi connectivity index (χ1n) is 11.1. The lowest BCUT2D eigenvalue weighted by Crippen LogP contribution is -2.38. The van der Waals surface area contributed by atoms with E-state index in [4.69, 9.17) is 19.2 Å². The maximum absolute atomic E-state index is 13.6. The van der Waals surface area contributed by atoms with Gasteiger partial charge < -0.3 is 14.2 Å². The van der Waals surface area contributed by atoms with Crippen molar-refractivity contribution < 1.29 is 19.0 Å². The van der Waals surface area contributed by atoms with Crippen molar-refractivity contribution in [2.75, 3.05) is 32.3 Å². The van der Waals surface area contributed by atoms with Gasteiger partial charge in [0.25, 0.3) is 0 Å². The number of anilines is 1. The van der Waals surface area contributed by atoms with Crippen LogP contribution >= 0.6 is 11.3 Å². The van der Waals surface area contributed by atoms with Gasteiger partial charge in [0.2, 0.25) is 5.91 Å². The van der Waals surface area contributed by atoms with Crippen LogP contribution in [0.4, 0.5) is 5.13 Å². The Balaban J connectivity index is 1.50. The fraction of sp³-hybridized carbons (Fsp3) is 0.308. The third-order valence-corrected chi connectivity index (χ3v) is 7.10. The molecule has 1 saturated heterocycles. The van der Waals surface area contributed by atoms with Gasteiger partial charge in [-0.3, -0.25) is 9.69 Å². The minimum absolute atomic E-state index is 0.00206. The third kappa shape index (κ3) is 4.38. The average molecular weight is 463 g/mol. The van der Waals surface area contributed by atoms with E-state index < -0.39 is 0 Å². The van der Waals surface area contributed by atoms with Crippen molar-refractivity contribution in [2.24, 2.45) is 0 Å².